The van der Waals surface area contributed by atoms with E-state index < -0.39 is 0 Å². The van der Waals surface area contributed by atoms with Gasteiger partial charge in [0.25, 0.3) is 5.91 Å². The second kappa shape index (κ2) is 8.65. The van der Waals surface area contributed by atoms with E-state index in [1.165, 1.54) is 44.9 Å². The van der Waals surface area contributed by atoms with Crippen molar-refractivity contribution >= 4 is 11.6 Å². The van der Waals surface area contributed by atoms with Gasteiger partial charge in [-0.3, -0.25) is 4.79 Å². The van der Waals surface area contributed by atoms with Crippen LogP contribution < -0.4 is 5.32 Å². The van der Waals surface area contributed by atoms with Crippen molar-refractivity contribution < 1.29 is 4.79 Å². The number of carbonyl (C=O) groups excluding carboxylic acids is 1. The number of hydrogen-bond acceptors (Lipinski definition) is 3. The maximum Gasteiger partial charge on any atom is 0.271 e. The van der Waals surface area contributed by atoms with E-state index in [1.54, 1.807) is 10.7 Å². The van der Waals surface area contributed by atoms with Gasteiger partial charge in [0.1, 0.15) is 5.69 Å². The normalized spacial score (nSPS) is 20.4. The monoisotopic (exact) mass is 356 g/mol. The van der Waals surface area contributed by atoms with Gasteiger partial charge in [0.2, 0.25) is 0 Å². The van der Waals surface area contributed by atoms with E-state index in [1.807, 2.05) is 19.9 Å². The number of rotatable bonds is 7. The number of amides is 1. The van der Waals surface area contributed by atoms with Crippen molar-refractivity contribution in [1.29, 1.82) is 0 Å². The summed E-state index contributed by atoms with van der Waals surface area (Å²) in [6, 6.07) is 2.28. The van der Waals surface area contributed by atoms with Crippen LogP contribution in [0.2, 0.25) is 0 Å². The van der Waals surface area contributed by atoms with E-state index in [0.717, 1.165) is 35.7 Å². The predicted octanol–water partition coefficient (Wildman–Crippen LogP) is 4.61. The van der Waals surface area contributed by atoms with Gasteiger partial charge in [0.15, 0.2) is 5.65 Å². The first-order valence-corrected chi connectivity index (χ1v) is 10.2. The SMILES string of the molecule is CCCCCCC1CCC(NC(=O)c2cnc3c(C)cc(C)nn23)CC1. The molecule has 1 aliphatic rings. The molecule has 0 atom stereocenters. The van der Waals surface area contributed by atoms with Crippen molar-refractivity contribution in [2.75, 3.05) is 0 Å². The van der Waals surface area contributed by atoms with Crippen molar-refractivity contribution in [2.24, 2.45) is 5.92 Å². The van der Waals surface area contributed by atoms with E-state index in [4.69, 9.17) is 0 Å². The number of unbranched alkanes of at least 4 members (excludes halogenated alkanes) is 3. The summed E-state index contributed by atoms with van der Waals surface area (Å²) < 4.78 is 1.68. The Morgan fingerprint density at radius 2 is 1.96 bits per heavy atom. The fourth-order valence-corrected chi connectivity index (χ4v) is 4.15. The third-order valence-corrected chi connectivity index (χ3v) is 5.65. The van der Waals surface area contributed by atoms with Gasteiger partial charge < -0.3 is 5.32 Å². The Hall–Kier alpha value is -1.91. The Kier molecular flexibility index (Phi) is 6.28. The Balaban J connectivity index is 1.53. The number of nitrogens with zero attached hydrogens (tertiary/aromatic N) is 3. The fraction of sp³-hybridized carbons (Fsp3) is 0.667. The summed E-state index contributed by atoms with van der Waals surface area (Å²) >= 11 is 0. The molecular formula is C21H32N4O. The van der Waals surface area contributed by atoms with Crippen LogP contribution in [0.15, 0.2) is 12.3 Å². The lowest BCUT2D eigenvalue weighted by molar-refractivity contribution is 0.0914. The first-order chi connectivity index (χ1) is 12.6. The molecule has 1 saturated carbocycles. The molecule has 5 nitrogen and oxygen atoms in total. The highest BCUT2D eigenvalue weighted by molar-refractivity contribution is 5.93. The topological polar surface area (TPSA) is 59.3 Å². The standard InChI is InChI=1S/C21H32N4O/c1-4-5-6-7-8-17-9-11-18(12-10-17)23-21(26)19-14-22-20-15(2)13-16(3)24-25(19)20/h13-14,17-18H,4-12H2,1-3H3,(H,23,26). The van der Waals surface area contributed by atoms with Crippen molar-refractivity contribution in [1.82, 2.24) is 19.9 Å². The molecule has 0 spiro atoms. The number of carbonyl (C=O) groups is 1. The molecule has 0 radical (unpaired) electrons. The molecule has 5 heteroatoms. The number of imidazole rings is 1. The van der Waals surface area contributed by atoms with Gasteiger partial charge in [-0.2, -0.15) is 5.10 Å². The molecule has 0 unspecified atom stereocenters. The van der Waals surface area contributed by atoms with Crippen molar-refractivity contribution in [3.05, 3.63) is 29.2 Å². The van der Waals surface area contributed by atoms with Crippen LogP contribution in [0.25, 0.3) is 5.65 Å². The highest BCUT2D eigenvalue weighted by Crippen LogP contribution is 2.28. The molecule has 3 rings (SSSR count). The molecule has 2 aromatic heterocycles. The predicted molar refractivity (Wildman–Crippen MR) is 104 cm³/mol. The maximum absolute atomic E-state index is 12.7. The Bertz CT molecular complexity index is 744. The molecule has 26 heavy (non-hydrogen) atoms. The quantitative estimate of drug-likeness (QED) is 0.737. The smallest absolute Gasteiger partial charge is 0.271 e. The van der Waals surface area contributed by atoms with Gasteiger partial charge in [-0.25, -0.2) is 9.50 Å². The van der Waals surface area contributed by atoms with Crippen LogP contribution in [0.5, 0.6) is 0 Å². The molecule has 1 aliphatic carbocycles. The van der Waals surface area contributed by atoms with Crippen LogP contribution in [0.3, 0.4) is 0 Å². The first-order valence-electron chi connectivity index (χ1n) is 10.2. The molecule has 0 aliphatic heterocycles. The lowest BCUT2D eigenvalue weighted by Gasteiger charge is -2.29. The highest BCUT2D eigenvalue weighted by atomic mass is 16.2. The Morgan fingerprint density at radius 1 is 1.19 bits per heavy atom. The molecule has 0 aromatic carbocycles. The van der Waals surface area contributed by atoms with Gasteiger partial charge in [-0.1, -0.05) is 39.0 Å². The van der Waals surface area contributed by atoms with Crippen molar-refractivity contribution in [2.45, 2.75) is 84.6 Å². The van der Waals surface area contributed by atoms with Crippen LogP contribution in [-0.2, 0) is 0 Å². The number of fused-ring (bicyclic) bond motifs is 1. The summed E-state index contributed by atoms with van der Waals surface area (Å²) in [5.74, 6) is 0.796. The minimum Gasteiger partial charge on any atom is -0.348 e. The average molecular weight is 357 g/mol. The molecule has 0 bridgehead atoms. The van der Waals surface area contributed by atoms with Crippen molar-refractivity contribution in [3.63, 3.8) is 0 Å². The number of nitrogens with one attached hydrogen (secondary N) is 1. The molecule has 0 saturated heterocycles. The van der Waals surface area contributed by atoms with Crippen LogP contribution >= 0.6 is 0 Å². The minimum absolute atomic E-state index is 0.0543. The molecule has 1 amide bonds. The van der Waals surface area contributed by atoms with Crippen LogP contribution in [0.4, 0.5) is 0 Å². The van der Waals surface area contributed by atoms with Gasteiger partial charge in [-0.05, 0) is 57.1 Å². The van der Waals surface area contributed by atoms with Gasteiger partial charge in [-0.15, -0.1) is 0 Å². The summed E-state index contributed by atoms with van der Waals surface area (Å²) in [5, 5.41) is 7.67. The number of aromatic nitrogens is 3. The first kappa shape index (κ1) is 18.9. The molecule has 1 fully saturated rings. The zero-order valence-electron chi connectivity index (χ0n) is 16.4. The lowest BCUT2D eigenvalue weighted by Crippen LogP contribution is -2.38. The maximum atomic E-state index is 12.7. The number of aryl methyl sites for hydroxylation is 2. The summed E-state index contributed by atoms with van der Waals surface area (Å²) in [6.07, 6.45) is 13.0. The molecule has 1 N–H and O–H groups in total. The fourth-order valence-electron chi connectivity index (χ4n) is 4.15. The lowest BCUT2D eigenvalue weighted by atomic mass is 9.83. The molecule has 142 valence electrons. The summed E-state index contributed by atoms with van der Waals surface area (Å²) in [5.41, 5.74) is 3.23. The van der Waals surface area contributed by atoms with E-state index in [9.17, 15) is 4.79 Å². The van der Waals surface area contributed by atoms with Crippen LogP contribution in [0.1, 0.15) is 86.5 Å². The van der Waals surface area contributed by atoms with Crippen LogP contribution in [0, 0.1) is 19.8 Å². The van der Waals surface area contributed by atoms with Crippen molar-refractivity contribution in [3.8, 4) is 0 Å². The van der Waals surface area contributed by atoms with E-state index in [0.29, 0.717) is 5.69 Å². The summed E-state index contributed by atoms with van der Waals surface area (Å²) in [4.78, 5) is 17.1. The highest BCUT2D eigenvalue weighted by Gasteiger charge is 2.24. The van der Waals surface area contributed by atoms with Gasteiger partial charge in [0.05, 0.1) is 11.9 Å². The third kappa shape index (κ3) is 4.43. The van der Waals surface area contributed by atoms with Gasteiger partial charge >= 0.3 is 0 Å². The summed E-state index contributed by atoms with van der Waals surface area (Å²) in [7, 11) is 0. The molecular weight excluding hydrogens is 324 g/mol. The molecule has 2 aromatic rings. The molecule has 2 heterocycles. The minimum atomic E-state index is -0.0543. The van der Waals surface area contributed by atoms with E-state index in [-0.39, 0.29) is 11.9 Å². The Labute approximate surface area is 156 Å². The second-order valence-electron chi connectivity index (χ2n) is 7.89. The Morgan fingerprint density at radius 3 is 2.69 bits per heavy atom. The number of hydrogen-bond donors (Lipinski definition) is 1. The van der Waals surface area contributed by atoms with E-state index >= 15 is 0 Å². The zero-order chi connectivity index (χ0) is 18.5. The average Bonchev–Trinajstić information content (AvgIpc) is 3.04. The largest absolute Gasteiger partial charge is 0.348 e. The summed E-state index contributed by atoms with van der Waals surface area (Å²) in [6.45, 7) is 6.20. The van der Waals surface area contributed by atoms with E-state index in [2.05, 4.69) is 22.3 Å². The second-order valence-corrected chi connectivity index (χ2v) is 7.89. The zero-order valence-corrected chi connectivity index (χ0v) is 16.4. The third-order valence-electron chi connectivity index (χ3n) is 5.65. The van der Waals surface area contributed by atoms with Crippen LogP contribution in [-0.4, -0.2) is 26.5 Å². The van der Waals surface area contributed by atoms with Gasteiger partial charge in [0, 0.05) is 6.04 Å².